The van der Waals surface area contributed by atoms with E-state index in [1.54, 1.807) is 16.8 Å². The van der Waals surface area contributed by atoms with Gasteiger partial charge in [-0.25, -0.2) is 4.68 Å². The lowest BCUT2D eigenvalue weighted by Crippen LogP contribution is -2.30. The van der Waals surface area contributed by atoms with Crippen LogP contribution in [0.5, 0.6) is 0 Å². The van der Waals surface area contributed by atoms with Crippen LogP contribution in [-0.4, -0.2) is 15.7 Å². The molecule has 1 saturated carbocycles. The Morgan fingerprint density at radius 1 is 1.16 bits per heavy atom. The summed E-state index contributed by atoms with van der Waals surface area (Å²) in [6, 6.07) is 10.9. The highest BCUT2D eigenvalue weighted by Gasteiger charge is 2.21. The Hall–Kier alpha value is -2.89. The van der Waals surface area contributed by atoms with Gasteiger partial charge in [-0.15, -0.1) is 0 Å². The normalized spacial score (nSPS) is 14.9. The Morgan fingerprint density at radius 3 is 2.64 bits per heavy atom. The van der Waals surface area contributed by atoms with E-state index in [1.165, 1.54) is 6.26 Å². The molecule has 25 heavy (non-hydrogen) atoms. The molecule has 2 heterocycles. The summed E-state index contributed by atoms with van der Waals surface area (Å²) in [5, 5.41) is 8.84. The van der Waals surface area contributed by atoms with Crippen molar-refractivity contribution >= 4 is 16.7 Å². The molecular formula is C19H19N3O3. The van der Waals surface area contributed by atoms with Crippen molar-refractivity contribution in [2.45, 2.75) is 38.3 Å². The van der Waals surface area contributed by atoms with Crippen molar-refractivity contribution in [2.24, 2.45) is 0 Å². The predicted octanol–water partition coefficient (Wildman–Crippen LogP) is 3.03. The van der Waals surface area contributed by atoms with Crippen molar-refractivity contribution < 1.29 is 9.21 Å². The number of furan rings is 1. The van der Waals surface area contributed by atoms with Gasteiger partial charge in [0.05, 0.1) is 29.9 Å². The van der Waals surface area contributed by atoms with E-state index in [-0.39, 0.29) is 29.8 Å². The Morgan fingerprint density at radius 2 is 1.92 bits per heavy atom. The zero-order valence-electron chi connectivity index (χ0n) is 13.8. The molecule has 4 rings (SSSR count). The van der Waals surface area contributed by atoms with E-state index in [0.717, 1.165) is 31.1 Å². The topological polar surface area (TPSA) is 77.1 Å². The number of fused-ring (bicyclic) bond motifs is 1. The number of hydrogen-bond acceptors (Lipinski definition) is 4. The van der Waals surface area contributed by atoms with Crippen molar-refractivity contribution in [2.75, 3.05) is 0 Å². The van der Waals surface area contributed by atoms with Crippen LogP contribution in [0.25, 0.3) is 10.8 Å². The van der Waals surface area contributed by atoms with Crippen LogP contribution in [0.1, 0.15) is 48.0 Å². The van der Waals surface area contributed by atoms with E-state index in [1.807, 2.05) is 24.3 Å². The van der Waals surface area contributed by atoms with Crippen molar-refractivity contribution in [1.29, 1.82) is 0 Å². The van der Waals surface area contributed by atoms with Gasteiger partial charge in [-0.2, -0.15) is 5.10 Å². The molecule has 1 aliphatic rings. The molecule has 1 aromatic carbocycles. The van der Waals surface area contributed by atoms with Crippen LogP contribution < -0.4 is 10.9 Å². The third-order valence-electron chi connectivity index (χ3n) is 4.74. The first-order valence-electron chi connectivity index (χ1n) is 8.56. The van der Waals surface area contributed by atoms with Crippen molar-refractivity contribution in [3.05, 3.63) is 64.5 Å². The molecule has 1 fully saturated rings. The van der Waals surface area contributed by atoms with Gasteiger partial charge in [-0.05, 0) is 31.0 Å². The first-order valence-corrected chi connectivity index (χ1v) is 8.56. The molecule has 0 unspecified atom stereocenters. The maximum absolute atomic E-state index is 12.8. The van der Waals surface area contributed by atoms with Crippen LogP contribution in [0.3, 0.4) is 0 Å². The fraction of sp³-hybridized carbons (Fsp3) is 0.316. The van der Waals surface area contributed by atoms with Crippen LogP contribution in [0.4, 0.5) is 0 Å². The minimum atomic E-state index is -0.297. The molecule has 1 amide bonds. The molecule has 0 aliphatic heterocycles. The maximum Gasteiger partial charge on any atom is 0.287 e. The first kappa shape index (κ1) is 15.6. The van der Waals surface area contributed by atoms with E-state index < -0.39 is 0 Å². The highest BCUT2D eigenvalue weighted by atomic mass is 16.3. The Balaban J connectivity index is 1.70. The van der Waals surface area contributed by atoms with Crippen LogP contribution in [0.2, 0.25) is 0 Å². The minimum Gasteiger partial charge on any atom is -0.459 e. The lowest BCUT2D eigenvalue weighted by Gasteiger charge is -2.16. The molecule has 0 radical (unpaired) electrons. The third kappa shape index (κ3) is 2.95. The number of carbonyl (C=O) groups is 1. The highest BCUT2D eigenvalue weighted by molar-refractivity contribution is 5.91. The fourth-order valence-electron chi connectivity index (χ4n) is 3.46. The summed E-state index contributed by atoms with van der Waals surface area (Å²) in [7, 11) is 0. The molecule has 0 spiro atoms. The van der Waals surface area contributed by atoms with Gasteiger partial charge in [0.2, 0.25) is 0 Å². The lowest BCUT2D eigenvalue weighted by molar-refractivity contribution is 0.0922. The monoisotopic (exact) mass is 337 g/mol. The summed E-state index contributed by atoms with van der Waals surface area (Å²) in [5.74, 6) is -0.0390. The molecule has 0 bridgehead atoms. The number of benzene rings is 1. The van der Waals surface area contributed by atoms with Gasteiger partial charge in [-0.1, -0.05) is 31.0 Å². The van der Waals surface area contributed by atoms with Gasteiger partial charge in [0, 0.05) is 5.39 Å². The minimum absolute atomic E-state index is 0.0522. The molecule has 6 heteroatoms. The molecule has 1 N–H and O–H groups in total. The Labute approximate surface area is 144 Å². The second-order valence-electron chi connectivity index (χ2n) is 6.34. The average Bonchev–Trinajstić information content (AvgIpc) is 3.35. The standard InChI is InChI=1S/C19H19N3O3/c23-18(17-10-5-11-25-17)20-12-16-14-8-3-4-9-15(14)19(24)22(21-16)13-6-1-2-7-13/h3-5,8-11,13H,1-2,6-7,12H2,(H,20,23). The number of nitrogens with zero attached hydrogens (tertiary/aromatic N) is 2. The zero-order chi connectivity index (χ0) is 17.2. The van der Waals surface area contributed by atoms with Gasteiger partial charge in [0.15, 0.2) is 5.76 Å². The molecule has 6 nitrogen and oxygen atoms in total. The van der Waals surface area contributed by atoms with E-state index in [2.05, 4.69) is 10.4 Å². The third-order valence-corrected chi connectivity index (χ3v) is 4.74. The summed E-state index contributed by atoms with van der Waals surface area (Å²) in [6.45, 7) is 0.243. The number of carbonyl (C=O) groups excluding carboxylic acids is 1. The quantitative estimate of drug-likeness (QED) is 0.794. The van der Waals surface area contributed by atoms with Gasteiger partial charge < -0.3 is 9.73 Å². The number of nitrogens with one attached hydrogen (secondary N) is 1. The maximum atomic E-state index is 12.8. The lowest BCUT2D eigenvalue weighted by atomic mass is 10.1. The number of hydrogen-bond donors (Lipinski definition) is 1. The molecule has 128 valence electrons. The van der Waals surface area contributed by atoms with Crippen molar-refractivity contribution in [3.8, 4) is 0 Å². The second kappa shape index (κ2) is 6.55. The van der Waals surface area contributed by atoms with Crippen molar-refractivity contribution in [3.63, 3.8) is 0 Å². The molecule has 3 aromatic rings. The van der Waals surface area contributed by atoms with E-state index in [9.17, 15) is 9.59 Å². The molecule has 0 atom stereocenters. The van der Waals surface area contributed by atoms with Gasteiger partial charge >= 0.3 is 0 Å². The van der Waals surface area contributed by atoms with Crippen LogP contribution in [0, 0.1) is 0 Å². The summed E-state index contributed by atoms with van der Waals surface area (Å²) in [4.78, 5) is 24.9. The number of aromatic nitrogens is 2. The SMILES string of the molecule is O=C(NCc1nn(C2CCCC2)c(=O)c2ccccc12)c1ccco1. The predicted molar refractivity (Wildman–Crippen MR) is 93.4 cm³/mol. The summed E-state index contributed by atoms with van der Waals surface area (Å²) >= 11 is 0. The summed E-state index contributed by atoms with van der Waals surface area (Å²) < 4.78 is 6.72. The van der Waals surface area contributed by atoms with Crippen LogP contribution in [0.15, 0.2) is 51.9 Å². The average molecular weight is 337 g/mol. The first-order chi connectivity index (χ1) is 12.2. The number of amides is 1. The summed E-state index contributed by atoms with van der Waals surface area (Å²) in [6.07, 6.45) is 5.65. The van der Waals surface area contributed by atoms with E-state index in [0.29, 0.717) is 11.1 Å². The zero-order valence-corrected chi connectivity index (χ0v) is 13.8. The van der Waals surface area contributed by atoms with E-state index in [4.69, 9.17) is 4.42 Å². The van der Waals surface area contributed by atoms with Crippen LogP contribution in [-0.2, 0) is 6.54 Å². The van der Waals surface area contributed by atoms with Gasteiger partial charge in [-0.3, -0.25) is 9.59 Å². The Bertz CT molecular complexity index is 954. The Kier molecular flexibility index (Phi) is 4.09. The smallest absolute Gasteiger partial charge is 0.287 e. The molecule has 2 aromatic heterocycles. The van der Waals surface area contributed by atoms with Gasteiger partial charge in [0.1, 0.15) is 0 Å². The molecule has 1 aliphatic carbocycles. The van der Waals surface area contributed by atoms with Crippen molar-refractivity contribution in [1.82, 2.24) is 15.1 Å². The fourth-order valence-corrected chi connectivity index (χ4v) is 3.46. The van der Waals surface area contributed by atoms with Crippen LogP contribution >= 0.6 is 0 Å². The van der Waals surface area contributed by atoms with Gasteiger partial charge in [0.25, 0.3) is 11.5 Å². The summed E-state index contributed by atoms with van der Waals surface area (Å²) in [5.41, 5.74) is 0.644. The van der Waals surface area contributed by atoms with E-state index >= 15 is 0 Å². The largest absolute Gasteiger partial charge is 0.459 e. The highest BCUT2D eigenvalue weighted by Crippen LogP contribution is 2.28. The second-order valence-corrected chi connectivity index (χ2v) is 6.34. The number of rotatable bonds is 4. The molecular weight excluding hydrogens is 318 g/mol. The molecule has 0 saturated heterocycles.